The van der Waals surface area contributed by atoms with Gasteiger partial charge in [-0.05, 0) is 25.7 Å². The van der Waals surface area contributed by atoms with E-state index in [4.69, 9.17) is 9.84 Å². The van der Waals surface area contributed by atoms with E-state index < -0.39 is 17.7 Å². The number of carboxylic acid groups (broad SMARTS) is 1. The lowest BCUT2D eigenvalue weighted by molar-refractivity contribution is -0.137. The van der Waals surface area contributed by atoms with Crippen LogP contribution in [0.3, 0.4) is 0 Å². The normalized spacial score (nSPS) is 21.3. The highest BCUT2D eigenvalue weighted by Gasteiger charge is 2.48. The zero-order valence-corrected chi connectivity index (χ0v) is 15.4. The highest BCUT2D eigenvalue weighted by atomic mass is 16.6. The minimum Gasteiger partial charge on any atom is -0.480 e. The SMILES string of the molecule is Cn1nc(C(=O)N2CCC3(CC2)CN(CC(=O)O)C(=O)O3)c2c1CCCC2. The van der Waals surface area contributed by atoms with Crippen molar-refractivity contribution >= 4 is 18.0 Å². The first-order valence-corrected chi connectivity index (χ1v) is 9.42. The summed E-state index contributed by atoms with van der Waals surface area (Å²) in [5.74, 6) is -1.12. The molecule has 0 bridgehead atoms. The van der Waals surface area contributed by atoms with Gasteiger partial charge in [0.05, 0.1) is 6.54 Å². The molecule has 27 heavy (non-hydrogen) atoms. The van der Waals surface area contributed by atoms with Crippen molar-refractivity contribution in [3.05, 3.63) is 17.0 Å². The summed E-state index contributed by atoms with van der Waals surface area (Å²) < 4.78 is 7.33. The van der Waals surface area contributed by atoms with Crippen LogP contribution >= 0.6 is 0 Å². The predicted octanol–water partition coefficient (Wildman–Crippen LogP) is 0.810. The Morgan fingerprint density at radius 1 is 1.22 bits per heavy atom. The second-order valence-corrected chi connectivity index (χ2v) is 7.70. The zero-order valence-electron chi connectivity index (χ0n) is 15.4. The molecular weight excluding hydrogens is 352 g/mol. The first-order valence-electron chi connectivity index (χ1n) is 9.42. The molecule has 0 saturated carbocycles. The number of aryl methyl sites for hydroxylation is 1. The minimum absolute atomic E-state index is 0.0599. The molecule has 0 aromatic carbocycles. The fraction of sp³-hybridized carbons (Fsp3) is 0.667. The molecule has 1 N–H and O–H groups in total. The number of carbonyl (C=O) groups is 3. The average Bonchev–Trinajstić information content (AvgIpc) is 3.12. The third kappa shape index (κ3) is 3.15. The van der Waals surface area contributed by atoms with Crippen LogP contribution in [0.5, 0.6) is 0 Å². The van der Waals surface area contributed by atoms with Gasteiger partial charge in [0.2, 0.25) is 0 Å². The summed E-state index contributed by atoms with van der Waals surface area (Å²) in [6, 6.07) is 0. The number of fused-ring (bicyclic) bond motifs is 1. The number of ether oxygens (including phenoxy) is 1. The Labute approximate surface area is 156 Å². The van der Waals surface area contributed by atoms with Gasteiger partial charge in [0.1, 0.15) is 12.1 Å². The van der Waals surface area contributed by atoms with Gasteiger partial charge in [-0.3, -0.25) is 19.2 Å². The van der Waals surface area contributed by atoms with Crippen molar-refractivity contribution < 1.29 is 24.2 Å². The number of aliphatic carboxylic acids is 1. The molecule has 2 saturated heterocycles. The first-order chi connectivity index (χ1) is 12.9. The van der Waals surface area contributed by atoms with E-state index in [9.17, 15) is 14.4 Å². The number of nitrogens with zero attached hydrogens (tertiary/aromatic N) is 4. The van der Waals surface area contributed by atoms with Crippen molar-refractivity contribution in [2.75, 3.05) is 26.2 Å². The lowest BCUT2D eigenvalue weighted by Gasteiger charge is -2.37. The van der Waals surface area contributed by atoms with E-state index in [1.165, 1.54) is 4.90 Å². The van der Waals surface area contributed by atoms with Crippen molar-refractivity contribution in [2.24, 2.45) is 7.05 Å². The number of piperidine rings is 1. The second kappa shape index (κ2) is 6.54. The summed E-state index contributed by atoms with van der Waals surface area (Å²) in [5, 5.41) is 13.4. The molecule has 1 spiro atoms. The average molecular weight is 376 g/mol. The predicted molar refractivity (Wildman–Crippen MR) is 93.4 cm³/mol. The summed E-state index contributed by atoms with van der Waals surface area (Å²) in [4.78, 5) is 38.8. The maximum Gasteiger partial charge on any atom is 0.411 e. The monoisotopic (exact) mass is 376 g/mol. The molecule has 0 atom stereocenters. The molecule has 3 heterocycles. The minimum atomic E-state index is -1.06. The number of hydrogen-bond donors (Lipinski definition) is 1. The Balaban J connectivity index is 1.43. The molecule has 4 rings (SSSR count). The smallest absolute Gasteiger partial charge is 0.411 e. The Hall–Kier alpha value is -2.58. The van der Waals surface area contributed by atoms with Crippen molar-refractivity contribution in [2.45, 2.75) is 44.1 Å². The van der Waals surface area contributed by atoms with Gasteiger partial charge in [0.15, 0.2) is 5.69 Å². The summed E-state index contributed by atoms with van der Waals surface area (Å²) >= 11 is 0. The fourth-order valence-electron chi connectivity index (χ4n) is 4.45. The largest absolute Gasteiger partial charge is 0.480 e. The summed E-state index contributed by atoms with van der Waals surface area (Å²) in [5.41, 5.74) is 2.10. The van der Waals surface area contributed by atoms with Crippen molar-refractivity contribution in [3.8, 4) is 0 Å². The highest BCUT2D eigenvalue weighted by Crippen LogP contribution is 2.34. The Morgan fingerprint density at radius 2 is 1.93 bits per heavy atom. The number of carbonyl (C=O) groups excluding carboxylic acids is 2. The molecule has 1 aromatic heterocycles. The van der Waals surface area contributed by atoms with Crippen molar-refractivity contribution in [3.63, 3.8) is 0 Å². The number of hydrogen-bond acceptors (Lipinski definition) is 5. The maximum atomic E-state index is 13.0. The molecule has 2 aliphatic heterocycles. The van der Waals surface area contributed by atoms with E-state index in [0.29, 0.717) is 31.6 Å². The molecule has 1 aromatic rings. The molecular formula is C18H24N4O5. The quantitative estimate of drug-likeness (QED) is 0.837. The van der Waals surface area contributed by atoms with Crippen LogP contribution in [-0.2, 0) is 29.4 Å². The van der Waals surface area contributed by atoms with E-state index in [1.807, 2.05) is 11.7 Å². The topological polar surface area (TPSA) is 105 Å². The molecule has 9 nitrogen and oxygen atoms in total. The maximum absolute atomic E-state index is 13.0. The van der Waals surface area contributed by atoms with E-state index in [2.05, 4.69) is 5.10 Å². The lowest BCUT2D eigenvalue weighted by Crippen LogP contribution is -2.49. The van der Waals surface area contributed by atoms with Gasteiger partial charge in [0, 0.05) is 44.2 Å². The van der Waals surface area contributed by atoms with Crippen molar-refractivity contribution in [1.82, 2.24) is 19.6 Å². The van der Waals surface area contributed by atoms with Crippen molar-refractivity contribution in [1.29, 1.82) is 0 Å². The van der Waals surface area contributed by atoms with Gasteiger partial charge >= 0.3 is 12.1 Å². The molecule has 3 aliphatic rings. The van der Waals surface area contributed by atoms with Crippen LogP contribution in [0.1, 0.15) is 47.4 Å². The molecule has 1 aliphatic carbocycles. The van der Waals surface area contributed by atoms with Crippen LogP contribution in [0.4, 0.5) is 4.79 Å². The zero-order chi connectivity index (χ0) is 19.2. The van der Waals surface area contributed by atoms with Gasteiger partial charge < -0.3 is 14.7 Å². The Kier molecular flexibility index (Phi) is 4.32. The van der Waals surface area contributed by atoms with E-state index >= 15 is 0 Å². The Bertz CT molecular complexity index is 794. The standard InChI is InChI=1S/C18H24N4O5/c1-20-13-5-3-2-4-12(13)15(19-20)16(25)21-8-6-18(7-9-21)11-22(10-14(23)24)17(26)27-18/h2-11H2,1H3,(H,23,24). The van der Waals surface area contributed by atoms with Crippen LogP contribution in [0.25, 0.3) is 0 Å². The van der Waals surface area contributed by atoms with Gasteiger partial charge in [-0.15, -0.1) is 0 Å². The van der Waals surface area contributed by atoms with Gasteiger partial charge in [0.25, 0.3) is 5.91 Å². The van der Waals surface area contributed by atoms with E-state index in [-0.39, 0.29) is 19.0 Å². The van der Waals surface area contributed by atoms with Gasteiger partial charge in [-0.2, -0.15) is 5.10 Å². The fourth-order valence-corrected chi connectivity index (χ4v) is 4.45. The van der Waals surface area contributed by atoms with Crippen LogP contribution in [-0.4, -0.2) is 74.4 Å². The molecule has 2 amide bonds. The molecule has 0 unspecified atom stereocenters. The van der Waals surface area contributed by atoms with Crippen LogP contribution in [0.2, 0.25) is 0 Å². The molecule has 2 fully saturated rings. The number of carboxylic acids is 1. The summed E-state index contributed by atoms with van der Waals surface area (Å²) in [7, 11) is 1.89. The number of rotatable bonds is 3. The molecule has 0 radical (unpaired) electrons. The number of amides is 2. The highest BCUT2D eigenvalue weighted by molar-refractivity contribution is 5.94. The van der Waals surface area contributed by atoms with Gasteiger partial charge in [-0.1, -0.05) is 0 Å². The number of aromatic nitrogens is 2. The molecule has 9 heteroatoms. The van der Waals surface area contributed by atoms with E-state index in [1.54, 1.807) is 4.90 Å². The number of likely N-dealkylation sites (tertiary alicyclic amines) is 1. The first kappa shape index (κ1) is 17.8. The molecule has 146 valence electrons. The van der Waals surface area contributed by atoms with Gasteiger partial charge in [-0.25, -0.2) is 4.79 Å². The lowest BCUT2D eigenvalue weighted by atomic mass is 9.90. The van der Waals surface area contributed by atoms with Crippen LogP contribution in [0, 0.1) is 0 Å². The Morgan fingerprint density at radius 3 is 2.63 bits per heavy atom. The summed E-state index contributed by atoms with van der Waals surface area (Å²) in [6.07, 6.45) is 4.50. The second-order valence-electron chi connectivity index (χ2n) is 7.70. The van der Waals surface area contributed by atoms with Crippen LogP contribution < -0.4 is 0 Å². The third-order valence-electron chi connectivity index (χ3n) is 5.90. The summed E-state index contributed by atoms with van der Waals surface area (Å²) in [6.45, 7) is 0.846. The third-order valence-corrected chi connectivity index (χ3v) is 5.90. The van der Waals surface area contributed by atoms with Crippen LogP contribution in [0.15, 0.2) is 0 Å². The van der Waals surface area contributed by atoms with E-state index in [0.717, 1.165) is 36.9 Å².